The van der Waals surface area contributed by atoms with E-state index in [1.54, 1.807) is 17.2 Å². The van der Waals surface area contributed by atoms with Crippen LogP contribution in [0, 0.1) is 0 Å². The molecule has 5 rings (SSSR count). The summed E-state index contributed by atoms with van der Waals surface area (Å²) in [4.78, 5) is 32.2. The lowest BCUT2D eigenvalue weighted by molar-refractivity contribution is 0.254. The fourth-order valence-electron chi connectivity index (χ4n) is 4.63. The van der Waals surface area contributed by atoms with Gasteiger partial charge in [-0.1, -0.05) is 0 Å². The molecule has 2 amide bonds. The van der Waals surface area contributed by atoms with Crippen LogP contribution in [0.1, 0.15) is 12.8 Å². The van der Waals surface area contributed by atoms with Gasteiger partial charge in [0.2, 0.25) is 10.0 Å². The molecule has 2 saturated heterocycles. The zero-order valence-corrected chi connectivity index (χ0v) is 18.7. The molecule has 2 fully saturated rings. The number of anilines is 4. The Morgan fingerprint density at radius 1 is 1.09 bits per heavy atom. The van der Waals surface area contributed by atoms with E-state index in [0.29, 0.717) is 37.8 Å². The fourth-order valence-corrected chi connectivity index (χ4v) is 5.50. The third-order valence-corrected chi connectivity index (χ3v) is 7.52. The van der Waals surface area contributed by atoms with Gasteiger partial charge in [-0.2, -0.15) is 0 Å². The molecule has 11 nitrogen and oxygen atoms in total. The smallest absolute Gasteiger partial charge is 0.329 e. The van der Waals surface area contributed by atoms with Crippen molar-refractivity contribution in [3.05, 3.63) is 30.7 Å². The van der Waals surface area contributed by atoms with Crippen LogP contribution in [0.5, 0.6) is 0 Å². The third-order valence-electron chi connectivity index (χ3n) is 6.22. The molecule has 170 valence electrons. The number of urea groups is 1. The number of rotatable bonds is 3. The quantitative estimate of drug-likeness (QED) is 0.724. The number of pyridine rings is 1. The Kier molecular flexibility index (Phi) is 5.33. The summed E-state index contributed by atoms with van der Waals surface area (Å²) < 4.78 is 25.4. The predicted octanol–water partition coefficient (Wildman–Crippen LogP) is 0.974. The molecule has 32 heavy (non-hydrogen) atoms. The van der Waals surface area contributed by atoms with E-state index < -0.39 is 10.0 Å². The van der Waals surface area contributed by atoms with E-state index in [9.17, 15) is 13.2 Å². The zero-order chi connectivity index (χ0) is 22.3. The summed E-state index contributed by atoms with van der Waals surface area (Å²) in [5, 5.41) is 2.86. The second kappa shape index (κ2) is 8.17. The van der Waals surface area contributed by atoms with Crippen molar-refractivity contribution in [1.29, 1.82) is 0 Å². The van der Waals surface area contributed by atoms with Crippen molar-refractivity contribution in [2.24, 2.45) is 0 Å². The highest BCUT2D eigenvalue weighted by atomic mass is 32.2. The van der Waals surface area contributed by atoms with Crippen LogP contribution in [0.25, 0.3) is 0 Å². The van der Waals surface area contributed by atoms with Crippen LogP contribution in [0.15, 0.2) is 30.7 Å². The summed E-state index contributed by atoms with van der Waals surface area (Å²) in [6.45, 7) is 3.84. The Bertz CT molecular complexity index is 1110. The lowest BCUT2D eigenvalue weighted by Crippen LogP contribution is -2.48. The maximum Gasteiger partial charge on any atom is 0.329 e. The first kappa shape index (κ1) is 20.9. The van der Waals surface area contributed by atoms with Gasteiger partial charge in [-0.25, -0.2) is 32.5 Å². The van der Waals surface area contributed by atoms with Gasteiger partial charge in [0, 0.05) is 45.5 Å². The van der Waals surface area contributed by atoms with Gasteiger partial charge in [-0.15, -0.1) is 0 Å². The highest BCUT2D eigenvalue weighted by Crippen LogP contribution is 2.40. The summed E-state index contributed by atoms with van der Waals surface area (Å²) in [6.07, 6.45) is 5.82. The highest BCUT2D eigenvalue weighted by molar-refractivity contribution is 7.88. The maximum absolute atomic E-state index is 13.2. The number of nitrogens with zero attached hydrogens (tertiary/aromatic N) is 7. The number of carbonyl (C=O) groups is 1. The molecular formula is C20H26N8O3S. The molecule has 2 bridgehead atoms. The van der Waals surface area contributed by atoms with Gasteiger partial charge in [0.15, 0.2) is 5.82 Å². The average Bonchev–Trinajstić information content (AvgIpc) is 3.01. The Morgan fingerprint density at radius 2 is 1.97 bits per heavy atom. The lowest BCUT2D eigenvalue weighted by atomic mass is 10.2. The number of aromatic nitrogens is 3. The third kappa shape index (κ3) is 3.95. The van der Waals surface area contributed by atoms with Crippen molar-refractivity contribution in [1.82, 2.24) is 19.3 Å². The van der Waals surface area contributed by atoms with Crippen LogP contribution >= 0.6 is 0 Å². The first-order valence-electron chi connectivity index (χ1n) is 10.7. The minimum Gasteiger partial charge on any atom is -0.366 e. The van der Waals surface area contributed by atoms with Crippen molar-refractivity contribution in [3.63, 3.8) is 0 Å². The standard InChI is InChI=1S/C20H26N8O3S/c1-32(30,31)27-9-2-8-25(11-12-27)18-4-3-16-19(24-18)28(15-6-10-26(16)13-15)20(29)23-17-5-7-21-14-22-17/h3-5,7,14-15H,2,6,8-13H2,1H3,(H,21,22,23,29)/t15-/m0/s1. The van der Waals surface area contributed by atoms with Crippen LogP contribution in [0.2, 0.25) is 0 Å². The van der Waals surface area contributed by atoms with Crippen molar-refractivity contribution < 1.29 is 13.2 Å². The van der Waals surface area contributed by atoms with E-state index in [0.717, 1.165) is 37.4 Å². The highest BCUT2D eigenvalue weighted by Gasteiger charge is 2.40. The SMILES string of the molecule is CS(=O)(=O)N1CCCN(c2ccc3c(n2)N(C(=O)Nc2ccncn2)[C@H]2CCN3C2)CC1. The largest absolute Gasteiger partial charge is 0.366 e. The van der Waals surface area contributed by atoms with Crippen molar-refractivity contribution in [2.75, 3.05) is 65.5 Å². The van der Waals surface area contributed by atoms with Gasteiger partial charge in [0.05, 0.1) is 18.0 Å². The molecule has 0 unspecified atom stereocenters. The maximum atomic E-state index is 13.2. The molecule has 2 aromatic rings. The normalized spacial score (nSPS) is 21.3. The van der Waals surface area contributed by atoms with E-state index in [2.05, 4.69) is 25.1 Å². The van der Waals surface area contributed by atoms with Crippen molar-refractivity contribution in [2.45, 2.75) is 18.9 Å². The first-order chi connectivity index (χ1) is 15.4. The van der Waals surface area contributed by atoms with E-state index in [4.69, 9.17) is 4.98 Å². The molecule has 3 aliphatic rings. The number of hydrogen-bond acceptors (Lipinski definition) is 8. The van der Waals surface area contributed by atoms with Gasteiger partial charge >= 0.3 is 6.03 Å². The van der Waals surface area contributed by atoms with E-state index in [-0.39, 0.29) is 12.1 Å². The predicted molar refractivity (Wildman–Crippen MR) is 122 cm³/mol. The number of sulfonamides is 1. The number of carbonyl (C=O) groups excluding carboxylic acids is 1. The van der Waals surface area contributed by atoms with Crippen molar-refractivity contribution >= 4 is 39.2 Å². The molecule has 0 saturated carbocycles. The number of hydrogen-bond donors (Lipinski definition) is 1. The molecule has 0 radical (unpaired) electrons. The van der Waals surface area contributed by atoms with Gasteiger partial charge in [0.1, 0.15) is 18.0 Å². The molecular weight excluding hydrogens is 432 g/mol. The summed E-state index contributed by atoms with van der Waals surface area (Å²) in [5.74, 6) is 1.82. The Balaban J connectivity index is 1.42. The lowest BCUT2D eigenvalue weighted by Gasteiger charge is -2.36. The molecule has 1 N–H and O–H groups in total. The molecule has 5 heterocycles. The summed E-state index contributed by atoms with van der Waals surface area (Å²) in [7, 11) is -3.22. The summed E-state index contributed by atoms with van der Waals surface area (Å²) in [5.41, 5.74) is 0.938. The minimum atomic E-state index is -3.22. The van der Waals surface area contributed by atoms with E-state index >= 15 is 0 Å². The summed E-state index contributed by atoms with van der Waals surface area (Å²) >= 11 is 0. The van der Waals surface area contributed by atoms with Crippen LogP contribution in [0.3, 0.4) is 0 Å². The zero-order valence-electron chi connectivity index (χ0n) is 17.9. The Hall–Kier alpha value is -2.99. The molecule has 1 atom stereocenters. The molecule has 3 aliphatic heterocycles. The molecule has 0 aromatic carbocycles. The average molecular weight is 459 g/mol. The van der Waals surface area contributed by atoms with Gasteiger partial charge < -0.3 is 9.80 Å². The van der Waals surface area contributed by atoms with E-state index in [1.807, 2.05) is 12.1 Å². The Morgan fingerprint density at radius 3 is 2.75 bits per heavy atom. The van der Waals surface area contributed by atoms with Crippen molar-refractivity contribution in [3.8, 4) is 0 Å². The number of fused-ring (bicyclic) bond motifs is 4. The van der Waals surface area contributed by atoms with Crippen LogP contribution < -0.4 is 20.0 Å². The number of nitrogens with one attached hydrogen (secondary N) is 1. The number of amides is 2. The minimum absolute atomic E-state index is 0.0388. The second-order valence-electron chi connectivity index (χ2n) is 8.30. The molecule has 12 heteroatoms. The summed E-state index contributed by atoms with van der Waals surface area (Å²) in [6, 6.07) is 5.41. The monoisotopic (exact) mass is 458 g/mol. The van der Waals surface area contributed by atoms with Gasteiger partial charge in [-0.3, -0.25) is 10.2 Å². The van der Waals surface area contributed by atoms with Gasteiger partial charge in [-0.05, 0) is 31.0 Å². The molecule has 2 aromatic heterocycles. The van der Waals surface area contributed by atoms with Crippen LogP contribution in [-0.4, -0.2) is 85.3 Å². The fraction of sp³-hybridized carbons (Fsp3) is 0.500. The Labute approximate surface area is 187 Å². The first-order valence-corrected chi connectivity index (χ1v) is 12.6. The topological polar surface area (TPSA) is 115 Å². The van der Waals surface area contributed by atoms with E-state index in [1.165, 1.54) is 16.9 Å². The van der Waals surface area contributed by atoms with Crippen LogP contribution in [0.4, 0.5) is 27.9 Å². The second-order valence-corrected chi connectivity index (χ2v) is 10.3. The molecule has 0 spiro atoms. The van der Waals surface area contributed by atoms with Gasteiger partial charge in [0.25, 0.3) is 0 Å². The molecule has 0 aliphatic carbocycles. The van der Waals surface area contributed by atoms with Crippen LogP contribution in [-0.2, 0) is 10.0 Å².